The molecule has 2 heterocycles. The number of benzene rings is 2. The van der Waals surface area contributed by atoms with Crippen molar-refractivity contribution >= 4 is 46.7 Å². The number of hydrogen-bond acceptors (Lipinski definition) is 7. The van der Waals surface area contributed by atoms with Crippen molar-refractivity contribution in [1.29, 1.82) is 0 Å². The van der Waals surface area contributed by atoms with Gasteiger partial charge in [-0.1, -0.05) is 18.2 Å². The molecule has 4 aromatic rings. The second kappa shape index (κ2) is 12.0. The Bertz CT molecular complexity index is 1410. The van der Waals surface area contributed by atoms with Crippen molar-refractivity contribution in [3.8, 4) is 17.2 Å². The van der Waals surface area contributed by atoms with Gasteiger partial charge in [-0.25, -0.2) is 19.4 Å². The number of ether oxygens (including phenoxy) is 2. The lowest BCUT2D eigenvalue weighted by molar-refractivity contribution is 0.187. The summed E-state index contributed by atoms with van der Waals surface area (Å²) in [5.41, 5.74) is 0.714. The van der Waals surface area contributed by atoms with Gasteiger partial charge < -0.3 is 19.9 Å². The minimum atomic E-state index is -1.56. The Balaban J connectivity index is 1.49. The molecule has 2 aromatic carbocycles. The number of carboxylic acid groups (broad SMARTS) is 1. The summed E-state index contributed by atoms with van der Waals surface area (Å²) in [5.74, 6) is 1.70. The van der Waals surface area contributed by atoms with Crippen LogP contribution in [0.1, 0.15) is 6.42 Å². The zero-order chi connectivity index (χ0) is 26.2. The van der Waals surface area contributed by atoms with Gasteiger partial charge in [0.2, 0.25) is 0 Å². The van der Waals surface area contributed by atoms with Gasteiger partial charge in [0, 0.05) is 30.4 Å². The SMILES string of the molecule is CSCCCNC(=O)n1ccc2cc(Oc3ccnc(N(C(=O)O)C(=O)Oc4ccccc4)c3)ccc21. The number of carbonyl (C=O) groups is 3. The Hall–Kier alpha value is -4.51. The van der Waals surface area contributed by atoms with Crippen LogP contribution in [0.5, 0.6) is 17.2 Å². The fourth-order valence-corrected chi connectivity index (χ4v) is 3.92. The highest BCUT2D eigenvalue weighted by atomic mass is 32.2. The average molecular weight is 521 g/mol. The number of pyridine rings is 1. The van der Waals surface area contributed by atoms with E-state index in [2.05, 4.69) is 10.3 Å². The van der Waals surface area contributed by atoms with Crippen molar-refractivity contribution in [3.63, 3.8) is 0 Å². The van der Waals surface area contributed by atoms with E-state index in [-0.39, 0.29) is 23.3 Å². The van der Waals surface area contributed by atoms with Crippen molar-refractivity contribution in [2.45, 2.75) is 6.42 Å². The van der Waals surface area contributed by atoms with Crippen molar-refractivity contribution in [2.24, 2.45) is 0 Å². The third-order valence-corrected chi connectivity index (χ3v) is 5.88. The number of thioether (sulfide) groups is 1. The molecule has 0 aliphatic heterocycles. The molecule has 0 unspecified atom stereocenters. The highest BCUT2D eigenvalue weighted by Crippen LogP contribution is 2.28. The first-order valence-corrected chi connectivity index (χ1v) is 12.7. The van der Waals surface area contributed by atoms with Gasteiger partial charge in [-0.15, -0.1) is 0 Å². The minimum absolute atomic E-state index is 0.184. The van der Waals surface area contributed by atoms with Gasteiger partial charge in [0.25, 0.3) is 0 Å². The predicted octanol–water partition coefficient (Wildman–Crippen LogP) is 5.82. The summed E-state index contributed by atoms with van der Waals surface area (Å²) in [6.07, 6.45) is 3.24. The summed E-state index contributed by atoms with van der Waals surface area (Å²) in [6.45, 7) is 0.594. The number of nitrogens with zero attached hydrogens (tertiary/aromatic N) is 3. The smallest absolute Gasteiger partial charge is 0.430 e. The molecule has 0 radical (unpaired) electrons. The molecule has 190 valence electrons. The molecule has 0 saturated carbocycles. The third-order valence-electron chi connectivity index (χ3n) is 5.19. The van der Waals surface area contributed by atoms with Crippen LogP contribution in [0, 0.1) is 0 Å². The van der Waals surface area contributed by atoms with Crippen LogP contribution in [-0.4, -0.2) is 51.4 Å². The summed E-state index contributed by atoms with van der Waals surface area (Å²) in [5, 5.41) is 13.3. The van der Waals surface area contributed by atoms with Gasteiger partial charge in [0.1, 0.15) is 17.2 Å². The lowest BCUT2D eigenvalue weighted by Crippen LogP contribution is -2.38. The van der Waals surface area contributed by atoms with Gasteiger partial charge in [-0.2, -0.15) is 16.7 Å². The van der Waals surface area contributed by atoms with Crippen LogP contribution < -0.4 is 19.7 Å². The molecule has 4 rings (SSSR count). The number of rotatable bonds is 8. The minimum Gasteiger partial charge on any atom is -0.464 e. The Morgan fingerprint density at radius 2 is 1.81 bits per heavy atom. The Morgan fingerprint density at radius 1 is 1.03 bits per heavy atom. The fourth-order valence-electron chi connectivity index (χ4n) is 3.48. The number of nitrogens with one attached hydrogen (secondary N) is 1. The van der Waals surface area contributed by atoms with Crippen LogP contribution in [0.25, 0.3) is 10.9 Å². The van der Waals surface area contributed by atoms with E-state index in [1.54, 1.807) is 60.4 Å². The molecular weight excluding hydrogens is 496 g/mol. The first kappa shape index (κ1) is 25.6. The predicted molar refractivity (Wildman–Crippen MR) is 141 cm³/mol. The van der Waals surface area contributed by atoms with E-state index < -0.39 is 12.2 Å². The van der Waals surface area contributed by atoms with Crippen molar-refractivity contribution in [1.82, 2.24) is 14.9 Å². The van der Waals surface area contributed by atoms with E-state index in [0.29, 0.717) is 22.7 Å². The van der Waals surface area contributed by atoms with Crippen LogP contribution in [0.15, 0.2) is 79.1 Å². The average Bonchev–Trinajstić information content (AvgIpc) is 3.31. The van der Waals surface area contributed by atoms with Gasteiger partial charge >= 0.3 is 18.2 Å². The van der Waals surface area contributed by atoms with Gasteiger partial charge in [0.15, 0.2) is 5.82 Å². The van der Waals surface area contributed by atoms with Crippen LogP contribution in [0.3, 0.4) is 0 Å². The molecule has 2 aromatic heterocycles. The Kier molecular flexibility index (Phi) is 8.26. The van der Waals surface area contributed by atoms with Crippen LogP contribution in [0.2, 0.25) is 0 Å². The number of aromatic nitrogens is 2. The Labute approximate surface area is 216 Å². The molecule has 2 N–H and O–H groups in total. The molecular formula is C26H24N4O6S. The summed E-state index contributed by atoms with van der Waals surface area (Å²) in [4.78, 5) is 41.2. The van der Waals surface area contributed by atoms with Crippen molar-refractivity contribution in [2.75, 3.05) is 23.5 Å². The fraction of sp³-hybridized carbons (Fsp3) is 0.154. The standard InChI is InChI=1S/C26H24N4O6S/c1-37-15-5-12-28-24(31)29-14-11-18-16-20(8-9-22(18)29)35-21-10-13-27-23(17-21)30(25(32)33)26(34)36-19-6-3-2-4-7-19/h2-4,6-11,13-14,16-17H,5,12,15H2,1H3,(H,28,31)(H,32,33). The maximum absolute atomic E-state index is 12.5. The molecule has 10 nitrogen and oxygen atoms in total. The summed E-state index contributed by atoms with van der Waals surface area (Å²) in [6, 6.07) is 17.8. The molecule has 11 heteroatoms. The molecule has 37 heavy (non-hydrogen) atoms. The molecule has 0 spiro atoms. The van der Waals surface area contributed by atoms with E-state index in [9.17, 15) is 19.5 Å². The van der Waals surface area contributed by atoms with Gasteiger partial charge in [-0.05, 0) is 60.9 Å². The zero-order valence-electron chi connectivity index (χ0n) is 19.9. The monoisotopic (exact) mass is 520 g/mol. The second-order valence-corrected chi connectivity index (χ2v) is 8.72. The number of hydrogen-bond donors (Lipinski definition) is 2. The van der Waals surface area contributed by atoms with Crippen LogP contribution >= 0.6 is 11.8 Å². The summed E-state index contributed by atoms with van der Waals surface area (Å²) < 4.78 is 12.6. The van der Waals surface area contributed by atoms with Crippen LogP contribution in [-0.2, 0) is 0 Å². The number of fused-ring (bicyclic) bond motifs is 1. The first-order valence-electron chi connectivity index (χ1n) is 11.3. The topological polar surface area (TPSA) is 123 Å². The van der Waals surface area contributed by atoms with Gasteiger partial charge in [0.05, 0.1) is 5.52 Å². The highest BCUT2D eigenvalue weighted by Gasteiger charge is 2.27. The lowest BCUT2D eigenvalue weighted by Gasteiger charge is -2.16. The van der Waals surface area contributed by atoms with E-state index >= 15 is 0 Å². The van der Waals surface area contributed by atoms with E-state index in [1.165, 1.54) is 35.0 Å². The van der Waals surface area contributed by atoms with Crippen molar-refractivity contribution < 1.29 is 29.0 Å². The molecule has 3 amide bonds. The maximum Gasteiger partial charge on any atom is 0.430 e. The highest BCUT2D eigenvalue weighted by molar-refractivity contribution is 7.98. The third kappa shape index (κ3) is 6.39. The quantitative estimate of drug-likeness (QED) is 0.279. The molecule has 0 fully saturated rings. The zero-order valence-corrected chi connectivity index (χ0v) is 20.7. The largest absolute Gasteiger partial charge is 0.464 e. The number of carbonyl (C=O) groups excluding carboxylic acids is 2. The molecule has 0 bridgehead atoms. The molecule has 0 atom stereocenters. The number of imide groups is 1. The first-order chi connectivity index (χ1) is 18.0. The normalized spacial score (nSPS) is 10.6. The second-order valence-electron chi connectivity index (χ2n) is 7.74. The summed E-state index contributed by atoms with van der Waals surface area (Å²) >= 11 is 1.73. The van der Waals surface area contributed by atoms with Crippen molar-refractivity contribution in [3.05, 3.63) is 79.1 Å². The number of para-hydroxylation sites is 1. The Morgan fingerprint density at radius 3 is 2.57 bits per heavy atom. The number of anilines is 1. The van der Waals surface area contributed by atoms with Crippen LogP contribution in [0.4, 0.5) is 20.2 Å². The van der Waals surface area contributed by atoms with Gasteiger partial charge in [-0.3, -0.25) is 4.57 Å². The summed E-state index contributed by atoms with van der Waals surface area (Å²) in [7, 11) is 0. The maximum atomic E-state index is 12.5. The lowest BCUT2D eigenvalue weighted by atomic mass is 10.2. The molecule has 0 saturated heterocycles. The number of amides is 3. The van der Waals surface area contributed by atoms with E-state index in [4.69, 9.17) is 9.47 Å². The van der Waals surface area contributed by atoms with E-state index in [1.807, 2.05) is 6.26 Å². The molecule has 0 aliphatic carbocycles. The van der Waals surface area contributed by atoms with E-state index in [0.717, 1.165) is 17.6 Å². The molecule has 0 aliphatic rings.